The van der Waals surface area contributed by atoms with E-state index in [1.165, 1.54) is 11.1 Å². The summed E-state index contributed by atoms with van der Waals surface area (Å²) in [6, 6.07) is 8.65. The number of hydrogen-bond donors (Lipinski definition) is 1. The lowest BCUT2D eigenvalue weighted by Gasteiger charge is -2.47. The minimum Gasteiger partial charge on any atom is -0.370 e. The average Bonchev–Trinajstić information content (AvgIpc) is 3.01. The molecule has 24 heavy (non-hydrogen) atoms. The van der Waals surface area contributed by atoms with Gasteiger partial charge in [0.25, 0.3) is 0 Å². The SMILES string of the molecule is C[C@H]1C[C@@]2(C[C@@H](c3cn(C)nn3)N1)OCCc1ccc(C#N)cc12. The second-order valence-corrected chi connectivity index (χ2v) is 6.92. The third kappa shape index (κ3) is 2.50. The van der Waals surface area contributed by atoms with E-state index >= 15 is 0 Å². The van der Waals surface area contributed by atoms with Gasteiger partial charge >= 0.3 is 0 Å². The molecule has 0 aliphatic carbocycles. The quantitative estimate of drug-likeness (QED) is 0.868. The van der Waals surface area contributed by atoms with Gasteiger partial charge in [-0.25, -0.2) is 0 Å². The van der Waals surface area contributed by atoms with Gasteiger partial charge in [-0.15, -0.1) is 5.10 Å². The summed E-state index contributed by atoms with van der Waals surface area (Å²) >= 11 is 0. The van der Waals surface area contributed by atoms with Crippen molar-refractivity contribution in [2.45, 2.75) is 43.9 Å². The molecule has 3 heterocycles. The van der Waals surface area contributed by atoms with Crippen molar-refractivity contribution in [1.82, 2.24) is 20.3 Å². The molecule has 3 atom stereocenters. The van der Waals surface area contributed by atoms with Crippen molar-refractivity contribution in [2.24, 2.45) is 7.05 Å². The van der Waals surface area contributed by atoms with Crippen LogP contribution in [0.4, 0.5) is 0 Å². The number of aryl methyl sites for hydroxylation is 1. The molecule has 1 N–H and O–H groups in total. The lowest BCUT2D eigenvalue weighted by atomic mass is 9.74. The normalized spacial score (nSPS) is 29.2. The fraction of sp³-hybridized carbons (Fsp3) is 0.500. The summed E-state index contributed by atoms with van der Waals surface area (Å²) < 4.78 is 8.09. The zero-order chi connectivity index (χ0) is 16.7. The molecule has 6 heteroatoms. The third-order valence-corrected chi connectivity index (χ3v) is 5.11. The molecule has 4 rings (SSSR count). The molecule has 0 bridgehead atoms. The minimum absolute atomic E-state index is 0.0964. The Morgan fingerprint density at radius 2 is 2.29 bits per heavy atom. The molecule has 0 amide bonds. The second-order valence-electron chi connectivity index (χ2n) is 6.92. The minimum atomic E-state index is -0.354. The molecule has 1 fully saturated rings. The molecule has 1 aromatic heterocycles. The number of rotatable bonds is 1. The van der Waals surface area contributed by atoms with Gasteiger partial charge < -0.3 is 10.1 Å². The molecular weight excluding hydrogens is 302 g/mol. The van der Waals surface area contributed by atoms with Gasteiger partial charge in [0.1, 0.15) is 0 Å². The summed E-state index contributed by atoms with van der Waals surface area (Å²) in [6.45, 7) is 2.90. The first-order valence-corrected chi connectivity index (χ1v) is 8.39. The van der Waals surface area contributed by atoms with E-state index in [0.29, 0.717) is 11.6 Å². The Bertz CT molecular complexity index is 808. The van der Waals surface area contributed by atoms with Crippen LogP contribution in [0.15, 0.2) is 24.4 Å². The number of benzene rings is 1. The van der Waals surface area contributed by atoms with Crippen LogP contribution in [-0.4, -0.2) is 27.6 Å². The zero-order valence-electron chi connectivity index (χ0n) is 14.0. The molecule has 2 aliphatic rings. The van der Waals surface area contributed by atoms with Crippen molar-refractivity contribution in [3.05, 3.63) is 46.8 Å². The number of piperidine rings is 1. The first-order valence-electron chi connectivity index (χ1n) is 8.39. The van der Waals surface area contributed by atoms with Crippen molar-refractivity contribution in [3.8, 4) is 6.07 Å². The van der Waals surface area contributed by atoms with Gasteiger partial charge in [-0.2, -0.15) is 5.26 Å². The highest BCUT2D eigenvalue weighted by Crippen LogP contribution is 2.46. The molecule has 0 unspecified atom stereocenters. The van der Waals surface area contributed by atoms with Crippen LogP contribution in [-0.2, 0) is 23.8 Å². The fourth-order valence-corrected chi connectivity index (χ4v) is 4.14. The number of fused-ring (bicyclic) bond motifs is 2. The highest BCUT2D eigenvalue weighted by molar-refractivity contribution is 5.43. The zero-order valence-corrected chi connectivity index (χ0v) is 14.0. The number of nitriles is 1. The van der Waals surface area contributed by atoms with Crippen molar-refractivity contribution < 1.29 is 4.74 Å². The topological polar surface area (TPSA) is 75.8 Å². The van der Waals surface area contributed by atoms with Crippen LogP contribution in [0, 0.1) is 11.3 Å². The molecule has 0 radical (unpaired) electrons. The van der Waals surface area contributed by atoms with Crippen LogP contribution in [0.3, 0.4) is 0 Å². The molecule has 6 nitrogen and oxygen atoms in total. The first-order chi connectivity index (χ1) is 11.6. The van der Waals surface area contributed by atoms with E-state index in [0.717, 1.165) is 31.6 Å². The predicted molar refractivity (Wildman–Crippen MR) is 88.1 cm³/mol. The van der Waals surface area contributed by atoms with Crippen LogP contribution in [0.5, 0.6) is 0 Å². The molecule has 124 valence electrons. The van der Waals surface area contributed by atoms with E-state index in [9.17, 15) is 5.26 Å². The predicted octanol–water partition coefficient (Wildman–Crippen LogP) is 1.97. The average molecular weight is 323 g/mol. The van der Waals surface area contributed by atoms with Crippen LogP contribution in [0.1, 0.15) is 48.2 Å². The van der Waals surface area contributed by atoms with E-state index < -0.39 is 0 Å². The largest absolute Gasteiger partial charge is 0.370 e. The van der Waals surface area contributed by atoms with E-state index in [4.69, 9.17) is 4.74 Å². The monoisotopic (exact) mass is 323 g/mol. The summed E-state index contributed by atoms with van der Waals surface area (Å²) in [5, 5.41) is 21.3. The van der Waals surface area contributed by atoms with Crippen molar-refractivity contribution in [3.63, 3.8) is 0 Å². The number of aromatic nitrogens is 3. The Labute approximate surface area is 141 Å². The molecule has 2 aromatic rings. The third-order valence-electron chi connectivity index (χ3n) is 5.11. The fourth-order valence-electron chi connectivity index (χ4n) is 4.14. The first kappa shape index (κ1) is 15.3. The van der Waals surface area contributed by atoms with Gasteiger partial charge in [-0.05, 0) is 43.0 Å². The smallest absolute Gasteiger partial charge is 0.0997 e. The number of nitrogens with zero attached hydrogens (tertiary/aromatic N) is 4. The summed E-state index contributed by atoms with van der Waals surface area (Å²) in [4.78, 5) is 0. The molecule has 0 saturated carbocycles. The molecule has 1 spiro atoms. The van der Waals surface area contributed by atoms with Gasteiger partial charge in [0.05, 0.1) is 35.6 Å². The van der Waals surface area contributed by atoms with Crippen molar-refractivity contribution >= 4 is 0 Å². The van der Waals surface area contributed by atoms with Crippen molar-refractivity contribution in [1.29, 1.82) is 5.26 Å². The number of nitrogens with one attached hydrogen (secondary N) is 1. The van der Waals surface area contributed by atoms with Crippen LogP contribution in [0.25, 0.3) is 0 Å². The van der Waals surface area contributed by atoms with E-state index in [1.807, 2.05) is 25.4 Å². The molecule has 2 aliphatic heterocycles. The summed E-state index contributed by atoms with van der Waals surface area (Å²) in [5.74, 6) is 0. The molecule has 1 aromatic carbocycles. The Morgan fingerprint density at radius 1 is 1.42 bits per heavy atom. The Balaban J connectivity index is 1.76. The highest BCUT2D eigenvalue weighted by atomic mass is 16.5. The maximum Gasteiger partial charge on any atom is 0.0997 e. The lowest BCUT2D eigenvalue weighted by molar-refractivity contribution is -0.0987. The summed E-state index contributed by atoms with van der Waals surface area (Å²) in [7, 11) is 1.88. The summed E-state index contributed by atoms with van der Waals surface area (Å²) in [5.41, 5.74) is 3.76. The number of ether oxygens (including phenoxy) is 1. The Morgan fingerprint density at radius 3 is 3.04 bits per heavy atom. The lowest BCUT2D eigenvalue weighted by Crippen LogP contribution is -2.50. The van der Waals surface area contributed by atoms with Crippen LogP contribution >= 0.6 is 0 Å². The van der Waals surface area contributed by atoms with E-state index in [2.05, 4.69) is 34.7 Å². The Hall–Kier alpha value is -2.23. The van der Waals surface area contributed by atoms with Gasteiger partial charge in [0, 0.05) is 25.7 Å². The van der Waals surface area contributed by atoms with E-state index in [-0.39, 0.29) is 11.6 Å². The van der Waals surface area contributed by atoms with Gasteiger partial charge in [-0.3, -0.25) is 4.68 Å². The molecule has 1 saturated heterocycles. The van der Waals surface area contributed by atoms with E-state index in [1.54, 1.807) is 4.68 Å². The van der Waals surface area contributed by atoms with Gasteiger partial charge in [0.15, 0.2) is 0 Å². The van der Waals surface area contributed by atoms with Crippen LogP contribution < -0.4 is 5.32 Å². The maximum absolute atomic E-state index is 9.29. The van der Waals surface area contributed by atoms with Gasteiger partial charge in [-0.1, -0.05) is 11.3 Å². The second kappa shape index (κ2) is 5.69. The number of hydrogen-bond acceptors (Lipinski definition) is 5. The Kier molecular flexibility index (Phi) is 3.63. The van der Waals surface area contributed by atoms with Crippen molar-refractivity contribution in [2.75, 3.05) is 6.61 Å². The summed E-state index contributed by atoms with van der Waals surface area (Å²) in [6.07, 6.45) is 4.56. The van der Waals surface area contributed by atoms with Gasteiger partial charge in [0.2, 0.25) is 0 Å². The highest BCUT2D eigenvalue weighted by Gasteiger charge is 2.45. The maximum atomic E-state index is 9.29. The van der Waals surface area contributed by atoms with Crippen LogP contribution in [0.2, 0.25) is 0 Å². The molecular formula is C18H21N5O. The standard InChI is InChI=1S/C18H21N5O/c1-12-8-18(9-16(20-12)17-11-23(2)22-21-17)15-7-13(10-19)3-4-14(15)5-6-24-18/h3-4,7,11-12,16,20H,5-6,8-9H2,1-2H3/t12-,16-,18-/m0/s1.